The monoisotopic (exact) mass is 335 g/mol. The van der Waals surface area contributed by atoms with Crippen molar-refractivity contribution in [2.45, 2.75) is 0 Å². The van der Waals surface area contributed by atoms with Crippen molar-refractivity contribution in [3.05, 3.63) is 38.5 Å². The van der Waals surface area contributed by atoms with Gasteiger partial charge in [0.25, 0.3) is 0 Å². The summed E-state index contributed by atoms with van der Waals surface area (Å²) in [6.45, 7) is 0. The van der Waals surface area contributed by atoms with Gasteiger partial charge in [0.05, 0.1) is 21.9 Å². The zero-order chi connectivity index (χ0) is 12.6. The number of halogens is 3. The molecule has 1 aromatic heterocycles. The lowest BCUT2D eigenvalue weighted by molar-refractivity contribution is 0.0690. The van der Waals surface area contributed by atoms with E-state index in [9.17, 15) is 4.79 Å². The molecule has 0 fully saturated rings. The predicted octanol–water partition coefficient (Wildman–Crippen LogP) is 3.03. The summed E-state index contributed by atoms with van der Waals surface area (Å²) < 4.78 is 1.90. The van der Waals surface area contributed by atoms with Crippen molar-refractivity contribution in [2.24, 2.45) is 0 Å². The van der Waals surface area contributed by atoms with E-state index in [1.54, 1.807) is 12.1 Å². The molecule has 0 saturated heterocycles. The van der Waals surface area contributed by atoms with Gasteiger partial charge in [-0.25, -0.2) is 9.48 Å². The van der Waals surface area contributed by atoms with E-state index in [2.05, 4.69) is 26.2 Å². The van der Waals surface area contributed by atoms with Crippen molar-refractivity contribution in [1.82, 2.24) is 15.0 Å². The zero-order valence-corrected chi connectivity index (χ0v) is 11.2. The Morgan fingerprint density at radius 3 is 2.65 bits per heavy atom. The summed E-state index contributed by atoms with van der Waals surface area (Å²) >= 11 is 15.2. The van der Waals surface area contributed by atoms with Gasteiger partial charge < -0.3 is 5.11 Å². The van der Waals surface area contributed by atoms with Gasteiger partial charge in [-0.2, -0.15) is 0 Å². The second-order valence-corrected chi connectivity index (χ2v) is 4.66. The molecule has 0 saturated carbocycles. The normalized spacial score (nSPS) is 10.5. The van der Waals surface area contributed by atoms with Crippen molar-refractivity contribution >= 4 is 45.1 Å². The van der Waals surface area contributed by atoms with Crippen LogP contribution in [0.5, 0.6) is 0 Å². The minimum Gasteiger partial charge on any atom is -0.476 e. The third kappa shape index (κ3) is 2.29. The smallest absolute Gasteiger partial charge is 0.358 e. The Hall–Kier alpha value is -1.11. The molecule has 0 aliphatic heterocycles. The third-order valence-corrected chi connectivity index (χ3v) is 3.74. The molecule has 0 spiro atoms. The molecule has 0 bridgehead atoms. The largest absolute Gasteiger partial charge is 0.476 e. The lowest BCUT2D eigenvalue weighted by atomic mass is 10.3. The Labute approximate surface area is 114 Å². The number of rotatable bonds is 2. The number of nitrogens with zero attached hydrogens (tertiary/aromatic N) is 3. The fourth-order valence-electron chi connectivity index (χ4n) is 1.17. The summed E-state index contributed by atoms with van der Waals surface area (Å²) in [6, 6.07) is 3.34. The highest BCUT2D eigenvalue weighted by molar-refractivity contribution is 9.10. The standard InChI is InChI=1S/C9H4BrCl2N3O2/c10-4-1-2-6(8(12)7(4)11)15-3-5(9(16)17)13-14-15/h1-3H,(H,16,17). The minimum absolute atomic E-state index is 0.167. The van der Waals surface area contributed by atoms with Crippen molar-refractivity contribution in [3.8, 4) is 5.69 Å². The number of carboxylic acid groups (broad SMARTS) is 1. The molecular weight excluding hydrogens is 333 g/mol. The SMILES string of the molecule is O=C(O)c1cn(-c2ccc(Br)c(Cl)c2Cl)nn1. The molecule has 0 aliphatic carbocycles. The maximum absolute atomic E-state index is 10.7. The zero-order valence-electron chi connectivity index (χ0n) is 8.06. The summed E-state index contributed by atoms with van der Waals surface area (Å²) in [4.78, 5) is 10.7. The Morgan fingerprint density at radius 1 is 1.35 bits per heavy atom. The molecule has 8 heteroatoms. The fourth-order valence-corrected chi connectivity index (χ4v) is 2.03. The molecule has 2 rings (SSSR count). The van der Waals surface area contributed by atoms with Crippen LogP contribution < -0.4 is 0 Å². The number of aromatic nitrogens is 3. The quantitative estimate of drug-likeness (QED) is 0.856. The molecule has 0 radical (unpaired) electrons. The van der Waals surface area contributed by atoms with Gasteiger partial charge in [0.15, 0.2) is 5.69 Å². The molecule has 5 nitrogen and oxygen atoms in total. The van der Waals surface area contributed by atoms with E-state index in [4.69, 9.17) is 28.3 Å². The number of hydrogen-bond acceptors (Lipinski definition) is 3. The van der Waals surface area contributed by atoms with Gasteiger partial charge in [0, 0.05) is 4.47 Å². The molecule has 2 aromatic rings. The highest BCUT2D eigenvalue weighted by atomic mass is 79.9. The molecule has 88 valence electrons. The van der Waals surface area contributed by atoms with Crippen molar-refractivity contribution in [2.75, 3.05) is 0 Å². The molecule has 0 unspecified atom stereocenters. The summed E-state index contributed by atoms with van der Waals surface area (Å²) in [5.41, 5.74) is 0.292. The lowest BCUT2D eigenvalue weighted by Gasteiger charge is -2.05. The molecule has 17 heavy (non-hydrogen) atoms. The van der Waals surface area contributed by atoms with E-state index in [1.165, 1.54) is 10.9 Å². The summed E-state index contributed by atoms with van der Waals surface area (Å²) in [6.07, 6.45) is 1.26. The van der Waals surface area contributed by atoms with Crippen LogP contribution in [0.15, 0.2) is 22.8 Å². The number of benzene rings is 1. The van der Waals surface area contributed by atoms with Crippen LogP contribution in [0.2, 0.25) is 10.0 Å². The second kappa shape index (κ2) is 4.64. The average Bonchev–Trinajstić information content (AvgIpc) is 2.75. The average molecular weight is 337 g/mol. The number of aromatic carboxylic acids is 1. The highest BCUT2D eigenvalue weighted by Gasteiger charge is 2.14. The minimum atomic E-state index is -1.16. The van der Waals surface area contributed by atoms with Gasteiger partial charge in [0.1, 0.15) is 0 Å². The van der Waals surface area contributed by atoms with Crippen LogP contribution in [0, 0.1) is 0 Å². The lowest BCUT2D eigenvalue weighted by Crippen LogP contribution is -1.97. The van der Waals surface area contributed by atoms with Gasteiger partial charge in [-0.3, -0.25) is 0 Å². The number of carbonyl (C=O) groups is 1. The van der Waals surface area contributed by atoms with Crippen LogP contribution in [0.4, 0.5) is 0 Å². The van der Waals surface area contributed by atoms with Gasteiger partial charge in [-0.15, -0.1) is 5.10 Å². The first kappa shape index (κ1) is 12.3. The topological polar surface area (TPSA) is 68.0 Å². The van der Waals surface area contributed by atoms with Gasteiger partial charge in [-0.05, 0) is 28.1 Å². The highest BCUT2D eigenvalue weighted by Crippen LogP contribution is 2.34. The maximum atomic E-state index is 10.7. The van der Waals surface area contributed by atoms with Crippen LogP contribution in [0.1, 0.15) is 10.5 Å². The Bertz CT molecular complexity index is 600. The Morgan fingerprint density at radius 2 is 2.06 bits per heavy atom. The second-order valence-electron chi connectivity index (χ2n) is 3.05. The van der Waals surface area contributed by atoms with Crippen LogP contribution in [0.25, 0.3) is 5.69 Å². The van der Waals surface area contributed by atoms with Crippen molar-refractivity contribution in [1.29, 1.82) is 0 Å². The molecule has 0 amide bonds. The van der Waals surface area contributed by atoms with Gasteiger partial charge in [0.2, 0.25) is 0 Å². The van der Waals surface area contributed by atoms with Crippen LogP contribution >= 0.6 is 39.1 Å². The summed E-state index contributed by atoms with van der Waals surface area (Å²) in [7, 11) is 0. The van der Waals surface area contributed by atoms with E-state index >= 15 is 0 Å². The van der Waals surface area contributed by atoms with E-state index in [-0.39, 0.29) is 10.7 Å². The molecule has 1 heterocycles. The predicted molar refractivity (Wildman–Crippen MR) is 66.0 cm³/mol. The van der Waals surface area contributed by atoms with Crippen molar-refractivity contribution in [3.63, 3.8) is 0 Å². The van der Waals surface area contributed by atoms with Crippen LogP contribution in [-0.2, 0) is 0 Å². The molecular formula is C9H4BrCl2N3O2. The van der Waals surface area contributed by atoms with Crippen LogP contribution in [0.3, 0.4) is 0 Å². The van der Waals surface area contributed by atoms with Crippen molar-refractivity contribution < 1.29 is 9.90 Å². The first-order chi connectivity index (χ1) is 8.00. The van der Waals surface area contributed by atoms with E-state index in [0.29, 0.717) is 15.2 Å². The molecule has 1 aromatic carbocycles. The summed E-state index contributed by atoms with van der Waals surface area (Å²) in [5, 5.41) is 16.5. The van der Waals surface area contributed by atoms with E-state index in [0.717, 1.165) is 0 Å². The maximum Gasteiger partial charge on any atom is 0.358 e. The van der Waals surface area contributed by atoms with Gasteiger partial charge in [-0.1, -0.05) is 28.4 Å². The fraction of sp³-hybridized carbons (Fsp3) is 0. The number of hydrogen-bond donors (Lipinski definition) is 1. The Balaban J connectivity index is 2.53. The first-order valence-corrected chi connectivity index (χ1v) is 5.85. The molecule has 0 atom stereocenters. The third-order valence-electron chi connectivity index (χ3n) is 1.97. The van der Waals surface area contributed by atoms with E-state index in [1.807, 2.05) is 0 Å². The summed E-state index contributed by atoms with van der Waals surface area (Å²) in [5.74, 6) is -1.16. The number of carboxylic acids is 1. The Kier molecular flexibility index (Phi) is 3.37. The molecule has 0 aliphatic rings. The van der Waals surface area contributed by atoms with Gasteiger partial charge >= 0.3 is 5.97 Å². The first-order valence-electron chi connectivity index (χ1n) is 4.30. The molecule has 1 N–H and O–H groups in total. The van der Waals surface area contributed by atoms with Crippen LogP contribution in [-0.4, -0.2) is 26.1 Å². The van der Waals surface area contributed by atoms with E-state index < -0.39 is 5.97 Å².